The summed E-state index contributed by atoms with van der Waals surface area (Å²) >= 11 is 0. The molecule has 0 spiro atoms. The lowest BCUT2D eigenvalue weighted by Gasteiger charge is -2.39. The number of ether oxygens (including phenoxy) is 1. The van der Waals surface area contributed by atoms with Crippen LogP contribution in [0.25, 0.3) is 0 Å². The summed E-state index contributed by atoms with van der Waals surface area (Å²) in [5, 5.41) is 0. The van der Waals surface area contributed by atoms with Crippen LogP contribution in [0, 0.1) is 12.8 Å². The fourth-order valence-electron chi connectivity index (χ4n) is 3.73. The highest BCUT2D eigenvalue weighted by atomic mass is 16.5. The van der Waals surface area contributed by atoms with Gasteiger partial charge in [0.05, 0.1) is 5.41 Å². The lowest BCUT2D eigenvalue weighted by molar-refractivity contribution is -0.140. The highest BCUT2D eigenvalue weighted by Crippen LogP contribution is 2.38. The molecule has 1 aromatic carbocycles. The molecule has 22 heavy (non-hydrogen) atoms. The Hall–Kier alpha value is -1.39. The minimum Gasteiger partial charge on any atom is -0.381 e. The Morgan fingerprint density at radius 1 is 1.32 bits per heavy atom. The molecule has 2 saturated heterocycles. The van der Waals surface area contributed by atoms with E-state index in [1.807, 2.05) is 4.90 Å². The summed E-state index contributed by atoms with van der Waals surface area (Å²) in [5.74, 6) is 0.731. The van der Waals surface area contributed by atoms with Crippen LogP contribution in [0.4, 0.5) is 0 Å². The molecule has 2 N–H and O–H groups in total. The van der Waals surface area contributed by atoms with Gasteiger partial charge in [0.15, 0.2) is 0 Å². The average molecular weight is 302 g/mol. The third-order valence-corrected chi connectivity index (χ3v) is 5.27. The first-order chi connectivity index (χ1) is 10.7. The maximum atomic E-state index is 13.3. The first-order valence-electron chi connectivity index (χ1n) is 8.30. The predicted octanol–water partition coefficient (Wildman–Crippen LogP) is 1.85. The van der Waals surface area contributed by atoms with Crippen molar-refractivity contribution in [2.24, 2.45) is 11.7 Å². The SMILES string of the molecule is Cc1ccc(C2(C(=O)N3CC[C@H](CN)C3)CCOCC2)cc1. The molecule has 2 heterocycles. The van der Waals surface area contributed by atoms with E-state index in [2.05, 4.69) is 31.2 Å². The first kappa shape index (κ1) is 15.5. The van der Waals surface area contributed by atoms with Crippen LogP contribution >= 0.6 is 0 Å². The molecule has 0 unspecified atom stereocenters. The van der Waals surface area contributed by atoms with Gasteiger partial charge in [-0.2, -0.15) is 0 Å². The van der Waals surface area contributed by atoms with Crippen LogP contribution < -0.4 is 5.73 Å². The normalized spacial score (nSPS) is 24.5. The van der Waals surface area contributed by atoms with Gasteiger partial charge in [-0.25, -0.2) is 0 Å². The number of hydrogen-bond acceptors (Lipinski definition) is 3. The molecule has 0 radical (unpaired) electrons. The standard InChI is InChI=1S/C18H26N2O2/c1-14-2-4-16(5-3-14)18(7-10-22-11-8-18)17(21)20-9-6-15(12-19)13-20/h2-5,15H,6-13,19H2,1H3/t15-/m1/s1. The zero-order valence-electron chi connectivity index (χ0n) is 13.4. The fraction of sp³-hybridized carbons (Fsp3) is 0.611. The number of hydrogen-bond donors (Lipinski definition) is 1. The van der Waals surface area contributed by atoms with E-state index in [-0.39, 0.29) is 5.91 Å². The third kappa shape index (κ3) is 2.77. The predicted molar refractivity (Wildman–Crippen MR) is 86.7 cm³/mol. The summed E-state index contributed by atoms with van der Waals surface area (Å²) in [6, 6.07) is 8.45. The molecule has 1 aromatic rings. The van der Waals surface area contributed by atoms with Gasteiger partial charge in [0.25, 0.3) is 0 Å². The van der Waals surface area contributed by atoms with Crippen molar-refractivity contribution in [3.63, 3.8) is 0 Å². The molecule has 4 heteroatoms. The van der Waals surface area contributed by atoms with Crippen molar-refractivity contribution in [2.75, 3.05) is 32.8 Å². The monoisotopic (exact) mass is 302 g/mol. The van der Waals surface area contributed by atoms with Gasteiger partial charge >= 0.3 is 0 Å². The topological polar surface area (TPSA) is 55.6 Å². The molecule has 1 atom stereocenters. The van der Waals surface area contributed by atoms with E-state index in [0.29, 0.717) is 25.7 Å². The minimum atomic E-state index is -0.407. The molecular formula is C18H26N2O2. The van der Waals surface area contributed by atoms with Crippen LogP contribution in [0.15, 0.2) is 24.3 Å². The summed E-state index contributed by atoms with van der Waals surface area (Å²) in [5.41, 5.74) is 7.74. The van der Waals surface area contributed by atoms with E-state index in [0.717, 1.165) is 37.9 Å². The lowest BCUT2D eigenvalue weighted by atomic mass is 9.73. The fourth-order valence-corrected chi connectivity index (χ4v) is 3.73. The van der Waals surface area contributed by atoms with Crippen molar-refractivity contribution >= 4 is 5.91 Å². The molecule has 2 aliphatic heterocycles. The van der Waals surface area contributed by atoms with Crippen LogP contribution in [0.3, 0.4) is 0 Å². The van der Waals surface area contributed by atoms with Crippen LogP contribution in [0.2, 0.25) is 0 Å². The average Bonchev–Trinajstić information content (AvgIpc) is 3.04. The van der Waals surface area contributed by atoms with Crippen molar-refractivity contribution in [3.05, 3.63) is 35.4 Å². The van der Waals surface area contributed by atoms with Gasteiger partial charge in [-0.15, -0.1) is 0 Å². The molecular weight excluding hydrogens is 276 g/mol. The van der Waals surface area contributed by atoms with Gasteiger partial charge in [-0.1, -0.05) is 29.8 Å². The van der Waals surface area contributed by atoms with Gasteiger partial charge in [-0.3, -0.25) is 4.79 Å². The van der Waals surface area contributed by atoms with Crippen molar-refractivity contribution in [3.8, 4) is 0 Å². The molecule has 120 valence electrons. The summed E-state index contributed by atoms with van der Waals surface area (Å²) in [6.45, 7) is 5.72. The molecule has 0 saturated carbocycles. The Morgan fingerprint density at radius 3 is 2.59 bits per heavy atom. The number of carbonyl (C=O) groups excluding carboxylic acids is 1. The van der Waals surface area contributed by atoms with E-state index in [1.165, 1.54) is 5.56 Å². The van der Waals surface area contributed by atoms with Gasteiger partial charge < -0.3 is 15.4 Å². The molecule has 4 nitrogen and oxygen atoms in total. The molecule has 2 aliphatic rings. The second-order valence-electron chi connectivity index (χ2n) is 6.70. The van der Waals surface area contributed by atoms with Crippen molar-refractivity contribution in [1.82, 2.24) is 4.90 Å². The number of aryl methyl sites for hydroxylation is 1. The van der Waals surface area contributed by atoms with Crippen molar-refractivity contribution < 1.29 is 9.53 Å². The first-order valence-corrected chi connectivity index (χ1v) is 8.30. The summed E-state index contributed by atoms with van der Waals surface area (Å²) < 4.78 is 5.53. The minimum absolute atomic E-state index is 0.274. The third-order valence-electron chi connectivity index (χ3n) is 5.27. The zero-order valence-corrected chi connectivity index (χ0v) is 13.4. The van der Waals surface area contributed by atoms with Gasteiger partial charge in [0.2, 0.25) is 5.91 Å². The van der Waals surface area contributed by atoms with Crippen molar-refractivity contribution in [1.29, 1.82) is 0 Å². The molecule has 3 rings (SSSR count). The van der Waals surface area contributed by atoms with Gasteiger partial charge in [0, 0.05) is 26.3 Å². The smallest absolute Gasteiger partial charge is 0.233 e. The number of nitrogens with two attached hydrogens (primary N) is 1. The Kier molecular flexibility index (Phi) is 4.50. The number of rotatable bonds is 3. The zero-order chi connectivity index (χ0) is 15.6. The number of amides is 1. The Morgan fingerprint density at radius 2 is 2.00 bits per heavy atom. The number of carbonyl (C=O) groups is 1. The summed E-state index contributed by atoms with van der Waals surface area (Å²) in [7, 11) is 0. The summed E-state index contributed by atoms with van der Waals surface area (Å²) in [6.07, 6.45) is 2.58. The molecule has 1 amide bonds. The highest BCUT2D eigenvalue weighted by Gasteiger charge is 2.45. The van der Waals surface area contributed by atoms with E-state index in [4.69, 9.17) is 10.5 Å². The Balaban J connectivity index is 1.89. The lowest BCUT2D eigenvalue weighted by Crippen LogP contribution is -2.49. The number of likely N-dealkylation sites (tertiary alicyclic amines) is 1. The van der Waals surface area contributed by atoms with Crippen LogP contribution in [0.1, 0.15) is 30.4 Å². The van der Waals surface area contributed by atoms with Crippen LogP contribution in [-0.4, -0.2) is 43.7 Å². The molecule has 2 fully saturated rings. The van der Waals surface area contributed by atoms with E-state index >= 15 is 0 Å². The second-order valence-corrected chi connectivity index (χ2v) is 6.70. The quantitative estimate of drug-likeness (QED) is 0.927. The largest absolute Gasteiger partial charge is 0.381 e. The molecule has 0 aromatic heterocycles. The molecule has 0 bridgehead atoms. The van der Waals surface area contributed by atoms with E-state index < -0.39 is 5.41 Å². The maximum absolute atomic E-state index is 13.3. The second kappa shape index (κ2) is 6.39. The Bertz CT molecular complexity index is 520. The Labute approximate surface area is 132 Å². The molecule has 0 aliphatic carbocycles. The van der Waals surface area contributed by atoms with E-state index in [9.17, 15) is 4.79 Å². The highest BCUT2D eigenvalue weighted by molar-refractivity contribution is 5.88. The van der Waals surface area contributed by atoms with Crippen LogP contribution in [0.5, 0.6) is 0 Å². The van der Waals surface area contributed by atoms with E-state index in [1.54, 1.807) is 0 Å². The van der Waals surface area contributed by atoms with Gasteiger partial charge in [-0.05, 0) is 44.2 Å². The summed E-state index contributed by atoms with van der Waals surface area (Å²) in [4.78, 5) is 15.3. The maximum Gasteiger partial charge on any atom is 0.233 e. The van der Waals surface area contributed by atoms with Gasteiger partial charge in [0.1, 0.15) is 0 Å². The van der Waals surface area contributed by atoms with Crippen molar-refractivity contribution in [2.45, 2.75) is 31.6 Å². The van der Waals surface area contributed by atoms with Crippen LogP contribution in [-0.2, 0) is 14.9 Å². The number of nitrogens with zero attached hydrogens (tertiary/aromatic N) is 1. The number of benzene rings is 1.